The second-order valence-electron chi connectivity index (χ2n) is 8.08. The summed E-state index contributed by atoms with van der Waals surface area (Å²) in [6, 6.07) is 5.47. The van der Waals surface area contributed by atoms with Crippen molar-refractivity contribution in [2.45, 2.75) is 51.2 Å². The number of alkyl halides is 4. The molecule has 0 aliphatic carbocycles. The molecule has 1 N–H and O–H groups in total. The third-order valence-corrected chi connectivity index (χ3v) is 6.92. The molecule has 3 heterocycles. The molecule has 2 aromatic heterocycles. The Bertz CT molecular complexity index is 1150. The minimum absolute atomic E-state index is 0.0261. The van der Waals surface area contributed by atoms with Crippen molar-refractivity contribution >= 4 is 35.6 Å². The molecule has 1 saturated heterocycles. The number of aromatic nitrogens is 3. The van der Waals surface area contributed by atoms with Gasteiger partial charge in [0.05, 0.1) is 12.2 Å². The number of aryl methyl sites for hydroxylation is 1. The SMILES string of the molecule is C=O.C[C@H]1[C@H](F)C[C@@H](C(=O)NCc2cn(-c3cnc(C(F)(F)F)s3)nc2Cl)N1C.Cc1ccc(F)cc1. The van der Waals surface area contributed by atoms with Crippen molar-refractivity contribution in [2.24, 2.45) is 0 Å². The summed E-state index contributed by atoms with van der Waals surface area (Å²) in [4.78, 5) is 25.3. The molecule has 14 heteroatoms. The maximum absolute atomic E-state index is 13.7. The largest absolute Gasteiger partial charge is 0.443 e. The second kappa shape index (κ2) is 13.1. The van der Waals surface area contributed by atoms with Crippen LogP contribution in [0.3, 0.4) is 0 Å². The Morgan fingerprint density at radius 2 is 1.89 bits per heavy atom. The Morgan fingerprint density at radius 1 is 1.27 bits per heavy atom. The van der Waals surface area contributed by atoms with Gasteiger partial charge in [-0.2, -0.15) is 18.3 Å². The van der Waals surface area contributed by atoms with E-state index in [0.717, 1.165) is 11.8 Å². The lowest BCUT2D eigenvalue weighted by Gasteiger charge is -2.22. The van der Waals surface area contributed by atoms with Crippen LogP contribution in [0, 0.1) is 12.7 Å². The van der Waals surface area contributed by atoms with Gasteiger partial charge in [0.25, 0.3) is 0 Å². The fourth-order valence-electron chi connectivity index (χ4n) is 3.36. The molecule has 1 aromatic carbocycles. The van der Waals surface area contributed by atoms with Gasteiger partial charge in [0.2, 0.25) is 5.91 Å². The zero-order chi connectivity index (χ0) is 27.9. The molecule has 3 atom stereocenters. The molecule has 37 heavy (non-hydrogen) atoms. The molecule has 0 saturated carbocycles. The van der Waals surface area contributed by atoms with Crippen LogP contribution in [-0.2, 0) is 22.3 Å². The van der Waals surface area contributed by atoms with E-state index >= 15 is 0 Å². The van der Waals surface area contributed by atoms with E-state index in [1.54, 1.807) is 31.0 Å². The zero-order valence-corrected chi connectivity index (χ0v) is 21.7. The number of nitrogens with zero attached hydrogens (tertiary/aromatic N) is 4. The van der Waals surface area contributed by atoms with E-state index < -0.39 is 23.4 Å². The number of hydrogen-bond acceptors (Lipinski definition) is 6. The van der Waals surface area contributed by atoms with Crippen LogP contribution in [0.4, 0.5) is 22.0 Å². The summed E-state index contributed by atoms with van der Waals surface area (Å²) in [6.07, 6.45) is -3.02. The van der Waals surface area contributed by atoms with Gasteiger partial charge in [-0.05, 0) is 33.0 Å². The maximum atomic E-state index is 13.7. The summed E-state index contributed by atoms with van der Waals surface area (Å²) in [7, 11) is 1.68. The molecule has 1 aliphatic heterocycles. The predicted octanol–water partition coefficient (Wildman–Crippen LogP) is 5.00. The molecular formula is C23H25ClF5N5O2S. The molecular weight excluding hydrogens is 541 g/mol. The van der Waals surface area contributed by atoms with Crippen LogP contribution in [0.2, 0.25) is 5.15 Å². The van der Waals surface area contributed by atoms with E-state index in [1.807, 2.05) is 13.7 Å². The maximum Gasteiger partial charge on any atom is 0.443 e. The molecule has 0 bridgehead atoms. The number of hydrogen-bond donors (Lipinski definition) is 1. The lowest BCUT2D eigenvalue weighted by atomic mass is 10.1. The monoisotopic (exact) mass is 565 g/mol. The summed E-state index contributed by atoms with van der Waals surface area (Å²) in [6.45, 7) is 5.67. The molecule has 1 fully saturated rings. The van der Waals surface area contributed by atoms with Crippen molar-refractivity contribution in [3.8, 4) is 5.00 Å². The first kappa shape index (κ1) is 30.3. The van der Waals surface area contributed by atoms with E-state index in [1.165, 1.54) is 23.0 Å². The van der Waals surface area contributed by atoms with Gasteiger partial charge >= 0.3 is 6.18 Å². The fourth-order valence-corrected chi connectivity index (χ4v) is 4.27. The van der Waals surface area contributed by atoms with E-state index in [9.17, 15) is 26.7 Å². The number of benzene rings is 1. The summed E-state index contributed by atoms with van der Waals surface area (Å²) in [5, 5.41) is 5.83. The smallest absolute Gasteiger partial charge is 0.350 e. The Labute approximate surface area is 219 Å². The highest BCUT2D eigenvalue weighted by Gasteiger charge is 2.40. The molecule has 7 nitrogen and oxygen atoms in total. The minimum Gasteiger partial charge on any atom is -0.350 e. The zero-order valence-electron chi connectivity index (χ0n) is 20.1. The van der Waals surface area contributed by atoms with Gasteiger partial charge in [0.15, 0.2) is 10.2 Å². The van der Waals surface area contributed by atoms with E-state index in [-0.39, 0.29) is 40.9 Å². The molecule has 1 amide bonds. The number of thiazole rings is 1. The quantitative estimate of drug-likeness (QED) is 0.451. The fraction of sp³-hybridized carbons (Fsp3) is 0.391. The summed E-state index contributed by atoms with van der Waals surface area (Å²) >= 11 is 6.45. The first-order valence-electron chi connectivity index (χ1n) is 10.8. The van der Waals surface area contributed by atoms with Crippen molar-refractivity contribution in [1.29, 1.82) is 0 Å². The average Bonchev–Trinajstić information content (AvgIpc) is 3.56. The molecule has 1 aliphatic rings. The van der Waals surface area contributed by atoms with Gasteiger partial charge < -0.3 is 10.1 Å². The average molecular weight is 566 g/mol. The Hall–Kier alpha value is -2.90. The Kier molecular flexibility index (Phi) is 10.7. The number of nitrogens with one attached hydrogen (secondary N) is 1. The van der Waals surface area contributed by atoms with Crippen molar-refractivity contribution in [3.05, 3.63) is 63.8 Å². The van der Waals surface area contributed by atoms with Gasteiger partial charge in [-0.1, -0.05) is 40.6 Å². The van der Waals surface area contributed by atoms with Crippen LogP contribution >= 0.6 is 22.9 Å². The van der Waals surface area contributed by atoms with Gasteiger partial charge in [-0.25, -0.2) is 18.4 Å². The summed E-state index contributed by atoms with van der Waals surface area (Å²) in [5.74, 6) is -0.513. The molecule has 0 spiro atoms. The highest BCUT2D eigenvalue weighted by atomic mass is 35.5. The first-order chi connectivity index (χ1) is 17.4. The lowest BCUT2D eigenvalue weighted by molar-refractivity contribution is -0.137. The van der Waals surface area contributed by atoms with Gasteiger partial charge in [-0.3, -0.25) is 9.69 Å². The number of carbonyl (C=O) groups excluding carboxylic acids is 2. The molecule has 3 aromatic rings. The predicted molar refractivity (Wildman–Crippen MR) is 130 cm³/mol. The minimum atomic E-state index is -4.53. The van der Waals surface area contributed by atoms with Crippen molar-refractivity contribution in [3.63, 3.8) is 0 Å². The number of rotatable bonds is 4. The third kappa shape index (κ3) is 8.04. The molecule has 4 rings (SSSR count). The van der Waals surface area contributed by atoms with Gasteiger partial charge in [-0.15, -0.1) is 0 Å². The Morgan fingerprint density at radius 3 is 2.38 bits per heavy atom. The van der Waals surface area contributed by atoms with Crippen LogP contribution in [0.5, 0.6) is 0 Å². The van der Waals surface area contributed by atoms with Gasteiger partial charge in [0, 0.05) is 30.8 Å². The van der Waals surface area contributed by atoms with Crippen LogP contribution in [0.25, 0.3) is 5.00 Å². The molecule has 0 radical (unpaired) electrons. The number of amides is 1. The van der Waals surface area contributed by atoms with Gasteiger partial charge in [0.1, 0.15) is 23.8 Å². The van der Waals surface area contributed by atoms with Crippen molar-refractivity contribution in [1.82, 2.24) is 25.0 Å². The van der Waals surface area contributed by atoms with Crippen molar-refractivity contribution in [2.75, 3.05) is 7.05 Å². The first-order valence-corrected chi connectivity index (χ1v) is 12.0. The normalized spacial score (nSPS) is 19.4. The molecule has 0 unspecified atom stereocenters. The van der Waals surface area contributed by atoms with Crippen LogP contribution in [0.1, 0.15) is 29.5 Å². The second-order valence-corrected chi connectivity index (χ2v) is 9.45. The summed E-state index contributed by atoms with van der Waals surface area (Å²) in [5.41, 5.74) is 1.52. The van der Waals surface area contributed by atoms with E-state index in [0.29, 0.717) is 16.9 Å². The molecule has 202 valence electrons. The highest BCUT2D eigenvalue weighted by Crippen LogP contribution is 2.34. The highest BCUT2D eigenvalue weighted by molar-refractivity contribution is 7.14. The number of carbonyl (C=O) groups is 2. The Balaban J connectivity index is 0.000000406. The number of likely N-dealkylation sites (tertiary alicyclic amines) is 1. The number of halogens is 6. The van der Waals surface area contributed by atoms with Crippen LogP contribution in [-0.4, -0.2) is 57.7 Å². The third-order valence-electron chi connectivity index (χ3n) is 5.57. The standard InChI is InChI=1S/C15H16ClF4N5OS.C7H7F.CH2O/c1-7-9(17)3-10(24(7)2)13(26)21-4-8-6-25(23-12(8)16)11-5-22-14(27-11)15(18,19)20;1-6-2-4-7(8)5-3-6;1-2/h5-7,9-10H,3-4H2,1-2H3,(H,21,26);2-5H,1H3;1H2/t7-,9+,10-;;/m0../s1. The van der Waals surface area contributed by atoms with E-state index in [2.05, 4.69) is 15.4 Å². The van der Waals surface area contributed by atoms with Crippen molar-refractivity contribution < 1.29 is 31.5 Å². The number of likely N-dealkylation sites (N-methyl/N-ethyl adjacent to an activating group) is 1. The van der Waals surface area contributed by atoms with Crippen LogP contribution in [0.15, 0.2) is 36.7 Å². The van der Waals surface area contributed by atoms with Crippen LogP contribution < -0.4 is 5.32 Å². The van der Waals surface area contributed by atoms with E-state index in [4.69, 9.17) is 16.4 Å². The lowest BCUT2D eigenvalue weighted by Crippen LogP contribution is -2.43. The summed E-state index contributed by atoms with van der Waals surface area (Å²) < 4.78 is 65.0. The topological polar surface area (TPSA) is 80.1 Å².